The predicted octanol–water partition coefficient (Wildman–Crippen LogP) is 0.112. The Morgan fingerprint density at radius 1 is 1.47 bits per heavy atom. The Balaban J connectivity index is 2.45. The minimum Gasteiger partial charge on any atom is -0.347 e. The average molecular weight is 241 g/mol. The number of hydrogen-bond donors (Lipinski definition) is 2. The van der Waals surface area contributed by atoms with E-state index in [1.54, 1.807) is 0 Å². The summed E-state index contributed by atoms with van der Waals surface area (Å²) in [6.45, 7) is 7.29. The SMILES string of the molecule is CC(=O)NCC(=O)N(CC1CCCN1)C(C)C. The van der Waals surface area contributed by atoms with Crippen LogP contribution in [0.1, 0.15) is 33.6 Å². The summed E-state index contributed by atoms with van der Waals surface area (Å²) in [6, 6.07) is 0.567. The molecule has 0 saturated carbocycles. The lowest BCUT2D eigenvalue weighted by Crippen LogP contribution is -2.48. The van der Waals surface area contributed by atoms with Crippen LogP contribution in [0.25, 0.3) is 0 Å². The van der Waals surface area contributed by atoms with Gasteiger partial charge in [0.1, 0.15) is 0 Å². The lowest BCUT2D eigenvalue weighted by atomic mass is 10.2. The van der Waals surface area contributed by atoms with E-state index in [2.05, 4.69) is 10.6 Å². The first-order valence-electron chi connectivity index (χ1n) is 6.28. The molecular formula is C12H23N3O2. The predicted molar refractivity (Wildman–Crippen MR) is 66.6 cm³/mol. The molecule has 98 valence electrons. The molecule has 17 heavy (non-hydrogen) atoms. The van der Waals surface area contributed by atoms with Crippen molar-refractivity contribution in [2.75, 3.05) is 19.6 Å². The van der Waals surface area contributed by atoms with Gasteiger partial charge >= 0.3 is 0 Å². The Bertz CT molecular complexity index is 273. The standard InChI is InChI=1S/C12H23N3O2/c1-9(2)15(8-11-5-4-6-13-11)12(17)7-14-10(3)16/h9,11,13H,4-8H2,1-3H3,(H,14,16). The lowest BCUT2D eigenvalue weighted by Gasteiger charge is -2.29. The smallest absolute Gasteiger partial charge is 0.242 e. The van der Waals surface area contributed by atoms with Gasteiger partial charge in [-0.3, -0.25) is 9.59 Å². The summed E-state index contributed by atoms with van der Waals surface area (Å²) in [7, 11) is 0. The van der Waals surface area contributed by atoms with Gasteiger partial charge in [-0.05, 0) is 33.2 Å². The molecule has 1 aliphatic heterocycles. The molecule has 5 nitrogen and oxygen atoms in total. The summed E-state index contributed by atoms with van der Waals surface area (Å²) in [4.78, 5) is 24.6. The highest BCUT2D eigenvalue weighted by Gasteiger charge is 2.23. The van der Waals surface area contributed by atoms with Crippen LogP contribution in [0, 0.1) is 0 Å². The Morgan fingerprint density at radius 3 is 2.65 bits per heavy atom. The van der Waals surface area contributed by atoms with Crippen LogP contribution in [0.2, 0.25) is 0 Å². The molecule has 0 radical (unpaired) electrons. The molecule has 0 aliphatic carbocycles. The van der Waals surface area contributed by atoms with Crippen molar-refractivity contribution in [2.45, 2.75) is 45.7 Å². The van der Waals surface area contributed by atoms with Crippen molar-refractivity contribution in [3.05, 3.63) is 0 Å². The lowest BCUT2D eigenvalue weighted by molar-refractivity contribution is -0.134. The quantitative estimate of drug-likeness (QED) is 0.718. The number of nitrogens with zero attached hydrogens (tertiary/aromatic N) is 1. The van der Waals surface area contributed by atoms with Crippen molar-refractivity contribution >= 4 is 11.8 Å². The Labute approximate surface area is 103 Å². The van der Waals surface area contributed by atoms with E-state index in [1.807, 2.05) is 18.7 Å². The maximum atomic E-state index is 12.0. The number of hydrogen-bond acceptors (Lipinski definition) is 3. The first kappa shape index (κ1) is 14.0. The summed E-state index contributed by atoms with van der Waals surface area (Å²) in [5, 5.41) is 5.94. The minimum atomic E-state index is -0.166. The van der Waals surface area contributed by atoms with Crippen LogP contribution < -0.4 is 10.6 Å². The third-order valence-electron chi connectivity index (χ3n) is 3.01. The molecule has 0 aromatic rings. The summed E-state index contributed by atoms with van der Waals surface area (Å²) in [6.07, 6.45) is 2.30. The number of carbonyl (C=O) groups excluding carboxylic acids is 2. The monoisotopic (exact) mass is 241 g/mol. The van der Waals surface area contributed by atoms with Crippen LogP contribution in [0.3, 0.4) is 0 Å². The first-order valence-corrected chi connectivity index (χ1v) is 6.28. The summed E-state index contributed by atoms with van der Waals surface area (Å²) in [5.41, 5.74) is 0. The van der Waals surface area contributed by atoms with Crippen LogP contribution in [0.5, 0.6) is 0 Å². The summed E-state index contributed by atoms with van der Waals surface area (Å²) in [5.74, 6) is -0.176. The van der Waals surface area contributed by atoms with Gasteiger partial charge in [0.25, 0.3) is 0 Å². The Morgan fingerprint density at radius 2 is 2.18 bits per heavy atom. The van der Waals surface area contributed by atoms with E-state index in [4.69, 9.17) is 0 Å². The van der Waals surface area contributed by atoms with E-state index < -0.39 is 0 Å². The molecule has 2 amide bonds. The number of carbonyl (C=O) groups is 2. The summed E-state index contributed by atoms with van der Waals surface area (Å²) < 4.78 is 0. The zero-order valence-electron chi connectivity index (χ0n) is 11.0. The molecule has 1 aliphatic rings. The normalized spacial score (nSPS) is 19.4. The van der Waals surface area contributed by atoms with Gasteiger partial charge in [0.15, 0.2) is 0 Å². The van der Waals surface area contributed by atoms with E-state index in [9.17, 15) is 9.59 Å². The minimum absolute atomic E-state index is 0.0103. The van der Waals surface area contributed by atoms with Crippen LogP contribution in [0.15, 0.2) is 0 Å². The van der Waals surface area contributed by atoms with Crippen molar-refractivity contribution in [1.29, 1.82) is 0 Å². The average Bonchev–Trinajstić information content (AvgIpc) is 2.74. The maximum Gasteiger partial charge on any atom is 0.242 e. The van der Waals surface area contributed by atoms with Gasteiger partial charge in [0.05, 0.1) is 6.54 Å². The molecule has 0 spiro atoms. The van der Waals surface area contributed by atoms with Gasteiger partial charge in [-0.15, -0.1) is 0 Å². The van der Waals surface area contributed by atoms with Crippen LogP contribution >= 0.6 is 0 Å². The molecule has 1 rings (SSSR count). The molecular weight excluding hydrogens is 218 g/mol. The number of nitrogens with one attached hydrogen (secondary N) is 2. The molecule has 2 N–H and O–H groups in total. The van der Waals surface area contributed by atoms with E-state index in [-0.39, 0.29) is 24.4 Å². The van der Waals surface area contributed by atoms with E-state index >= 15 is 0 Å². The van der Waals surface area contributed by atoms with Gasteiger partial charge in [0, 0.05) is 25.6 Å². The number of amides is 2. The highest BCUT2D eigenvalue weighted by atomic mass is 16.2. The van der Waals surface area contributed by atoms with Crippen molar-refractivity contribution in [2.24, 2.45) is 0 Å². The Kier molecular flexibility index (Phi) is 5.41. The second-order valence-corrected chi connectivity index (χ2v) is 4.84. The highest BCUT2D eigenvalue weighted by Crippen LogP contribution is 2.09. The topological polar surface area (TPSA) is 61.4 Å². The second-order valence-electron chi connectivity index (χ2n) is 4.84. The fraction of sp³-hybridized carbons (Fsp3) is 0.833. The molecule has 5 heteroatoms. The van der Waals surface area contributed by atoms with Gasteiger partial charge in [-0.1, -0.05) is 0 Å². The molecule has 1 saturated heterocycles. The zero-order valence-corrected chi connectivity index (χ0v) is 11.0. The van der Waals surface area contributed by atoms with Gasteiger partial charge in [-0.2, -0.15) is 0 Å². The van der Waals surface area contributed by atoms with Crippen molar-refractivity contribution in [3.63, 3.8) is 0 Å². The van der Waals surface area contributed by atoms with Crippen molar-refractivity contribution < 1.29 is 9.59 Å². The van der Waals surface area contributed by atoms with Crippen LogP contribution in [-0.4, -0.2) is 48.4 Å². The van der Waals surface area contributed by atoms with Crippen LogP contribution in [-0.2, 0) is 9.59 Å². The van der Waals surface area contributed by atoms with Gasteiger partial charge < -0.3 is 15.5 Å². The van der Waals surface area contributed by atoms with Crippen LogP contribution in [0.4, 0.5) is 0 Å². The van der Waals surface area contributed by atoms with E-state index in [1.165, 1.54) is 13.3 Å². The second kappa shape index (κ2) is 6.59. The van der Waals surface area contributed by atoms with Crippen molar-refractivity contribution in [1.82, 2.24) is 15.5 Å². The molecule has 1 heterocycles. The fourth-order valence-corrected chi connectivity index (χ4v) is 2.05. The summed E-state index contributed by atoms with van der Waals surface area (Å²) >= 11 is 0. The molecule has 1 unspecified atom stereocenters. The molecule has 1 atom stereocenters. The van der Waals surface area contributed by atoms with E-state index in [0.717, 1.165) is 19.5 Å². The third-order valence-corrected chi connectivity index (χ3v) is 3.01. The van der Waals surface area contributed by atoms with Gasteiger partial charge in [-0.25, -0.2) is 0 Å². The highest BCUT2D eigenvalue weighted by molar-refractivity contribution is 5.83. The zero-order chi connectivity index (χ0) is 12.8. The molecule has 0 bridgehead atoms. The van der Waals surface area contributed by atoms with E-state index in [0.29, 0.717) is 6.04 Å². The maximum absolute atomic E-state index is 12.0. The van der Waals surface area contributed by atoms with Crippen molar-refractivity contribution in [3.8, 4) is 0 Å². The molecule has 0 aromatic heterocycles. The number of rotatable bonds is 5. The largest absolute Gasteiger partial charge is 0.347 e. The van der Waals surface area contributed by atoms with Gasteiger partial charge in [0.2, 0.25) is 11.8 Å². The fourth-order valence-electron chi connectivity index (χ4n) is 2.05. The molecule has 0 aromatic carbocycles. The molecule has 1 fully saturated rings. The Hall–Kier alpha value is -1.10. The first-order chi connectivity index (χ1) is 8.00. The third kappa shape index (κ3) is 4.73.